The molecule has 0 radical (unpaired) electrons. The quantitative estimate of drug-likeness (QED) is 0.250. The summed E-state index contributed by atoms with van der Waals surface area (Å²) in [6.07, 6.45) is -13.0. The van der Waals surface area contributed by atoms with Crippen LogP contribution in [0, 0.1) is 0 Å². The van der Waals surface area contributed by atoms with Crippen molar-refractivity contribution in [1.82, 2.24) is 0 Å². The fourth-order valence-corrected chi connectivity index (χ4v) is 6.68. The molecule has 4 rings (SSSR count). The highest BCUT2D eigenvalue weighted by molar-refractivity contribution is 5.81. The first-order valence-electron chi connectivity index (χ1n) is 16.5. The van der Waals surface area contributed by atoms with E-state index in [-0.39, 0.29) is 6.42 Å². The lowest BCUT2D eigenvalue weighted by Gasteiger charge is -2.50. The SMILES string of the molecule is CC(=O)OC[C@@H](OC(C)=O)[C@H]1O[C@](C(=O)OC(C)(C)C)([C@H](O)C[C@H]2O[C@@H]3OC(C)(C)O[C@@H]3[C@H]3OC(C)(C)O[C@H]32)C[C@@H](OC(C)=O)[C@H]1OC(C)=O. The molecule has 4 heterocycles. The number of aliphatic hydroxyl groups excluding tert-OH is 1. The third kappa shape index (κ3) is 9.29. The van der Waals surface area contributed by atoms with Crippen molar-refractivity contribution in [2.45, 2.75) is 173 Å². The number of ether oxygens (including phenoxy) is 11. The number of fused-ring (bicyclic) bond motifs is 3. The van der Waals surface area contributed by atoms with Gasteiger partial charge in [-0.05, 0) is 48.5 Å². The van der Waals surface area contributed by atoms with Gasteiger partial charge in [0.25, 0.3) is 0 Å². The Bertz CT molecular complexity index is 1310. The van der Waals surface area contributed by atoms with Crippen LogP contribution in [0.25, 0.3) is 0 Å². The van der Waals surface area contributed by atoms with Gasteiger partial charge in [0.05, 0.1) is 12.2 Å². The molecular weight excluding hydrogens is 668 g/mol. The minimum Gasteiger partial charge on any atom is -0.462 e. The number of carbonyl (C=O) groups is 5. The summed E-state index contributed by atoms with van der Waals surface area (Å²) >= 11 is 0. The molecular formula is C33H50O17. The molecule has 4 saturated heterocycles. The molecule has 284 valence electrons. The Morgan fingerprint density at radius 3 is 1.92 bits per heavy atom. The van der Waals surface area contributed by atoms with Gasteiger partial charge in [-0.3, -0.25) is 19.2 Å². The molecule has 11 atom stereocenters. The van der Waals surface area contributed by atoms with E-state index in [4.69, 9.17) is 52.1 Å². The van der Waals surface area contributed by atoms with E-state index >= 15 is 0 Å². The van der Waals surface area contributed by atoms with Crippen LogP contribution in [0.1, 0.15) is 89.0 Å². The molecule has 4 aliphatic heterocycles. The van der Waals surface area contributed by atoms with Gasteiger partial charge in [0, 0.05) is 40.5 Å². The largest absolute Gasteiger partial charge is 0.462 e. The lowest BCUT2D eigenvalue weighted by atomic mass is 9.79. The summed E-state index contributed by atoms with van der Waals surface area (Å²) in [5.74, 6) is -6.43. The molecule has 0 unspecified atom stereocenters. The summed E-state index contributed by atoms with van der Waals surface area (Å²) in [5.41, 5.74) is -3.51. The Balaban J connectivity index is 1.81. The summed E-state index contributed by atoms with van der Waals surface area (Å²) in [6.45, 7) is 15.4. The van der Waals surface area contributed by atoms with Gasteiger partial charge in [-0.15, -0.1) is 0 Å². The van der Waals surface area contributed by atoms with Crippen LogP contribution < -0.4 is 0 Å². The number of hydrogen-bond donors (Lipinski definition) is 1. The zero-order chi connectivity index (χ0) is 37.6. The Morgan fingerprint density at radius 2 is 1.36 bits per heavy atom. The predicted octanol–water partition coefficient (Wildman–Crippen LogP) is 1.36. The zero-order valence-corrected chi connectivity index (χ0v) is 30.4. The number of esters is 5. The Labute approximate surface area is 290 Å². The average molecular weight is 719 g/mol. The topological polar surface area (TPSA) is 207 Å². The van der Waals surface area contributed by atoms with E-state index < -0.39 is 127 Å². The van der Waals surface area contributed by atoms with E-state index in [1.165, 1.54) is 0 Å². The van der Waals surface area contributed by atoms with Crippen molar-refractivity contribution < 1.29 is 81.2 Å². The van der Waals surface area contributed by atoms with Gasteiger partial charge in [-0.1, -0.05) is 0 Å². The third-order valence-electron chi connectivity index (χ3n) is 8.28. The highest BCUT2D eigenvalue weighted by atomic mass is 16.9. The zero-order valence-electron chi connectivity index (χ0n) is 30.4. The van der Waals surface area contributed by atoms with Crippen LogP contribution in [-0.2, 0) is 76.1 Å². The van der Waals surface area contributed by atoms with Crippen molar-refractivity contribution in [3.8, 4) is 0 Å². The van der Waals surface area contributed by atoms with Crippen LogP contribution in [0.15, 0.2) is 0 Å². The normalized spacial score (nSPS) is 35.4. The molecule has 0 amide bonds. The van der Waals surface area contributed by atoms with Gasteiger partial charge in [0.1, 0.15) is 42.7 Å². The lowest BCUT2D eigenvalue weighted by Crippen LogP contribution is -2.69. The van der Waals surface area contributed by atoms with Gasteiger partial charge in [-0.2, -0.15) is 0 Å². The van der Waals surface area contributed by atoms with E-state index in [0.29, 0.717) is 0 Å². The first kappa shape index (κ1) is 39.8. The molecule has 0 saturated carbocycles. The van der Waals surface area contributed by atoms with Gasteiger partial charge >= 0.3 is 29.8 Å². The van der Waals surface area contributed by atoms with E-state index in [9.17, 15) is 29.1 Å². The minimum atomic E-state index is -2.39. The summed E-state index contributed by atoms with van der Waals surface area (Å²) in [7, 11) is 0. The highest BCUT2D eigenvalue weighted by Crippen LogP contribution is 2.47. The minimum absolute atomic E-state index is 0.354. The van der Waals surface area contributed by atoms with E-state index in [2.05, 4.69) is 0 Å². The highest BCUT2D eigenvalue weighted by Gasteiger charge is 2.65. The molecule has 0 aromatic heterocycles. The average Bonchev–Trinajstić information content (AvgIpc) is 3.43. The first-order valence-corrected chi connectivity index (χ1v) is 16.5. The van der Waals surface area contributed by atoms with Crippen molar-refractivity contribution in [2.24, 2.45) is 0 Å². The fourth-order valence-electron chi connectivity index (χ4n) is 6.68. The van der Waals surface area contributed by atoms with E-state index in [1.54, 1.807) is 48.5 Å². The molecule has 0 aromatic carbocycles. The van der Waals surface area contributed by atoms with Crippen LogP contribution >= 0.6 is 0 Å². The third-order valence-corrected chi connectivity index (χ3v) is 8.28. The van der Waals surface area contributed by atoms with Crippen molar-refractivity contribution in [3.05, 3.63) is 0 Å². The maximum Gasteiger partial charge on any atom is 0.341 e. The lowest BCUT2D eigenvalue weighted by molar-refractivity contribution is -0.287. The fraction of sp³-hybridized carbons (Fsp3) is 0.848. The van der Waals surface area contributed by atoms with E-state index in [0.717, 1.165) is 27.7 Å². The maximum absolute atomic E-state index is 14.3. The number of hydrogen-bond acceptors (Lipinski definition) is 17. The molecule has 1 N–H and O–H groups in total. The van der Waals surface area contributed by atoms with Gasteiger partial charge in [-0.25, -0.2) is 4.79 Å². The van der Waals surface area contributed by atoms with Crippen LogP contribution in [0.2, 0.25) is 0 Å². The van der Waals surface area contributed by atoms with Crippen molar-refractivity contribution >= 4 is 29.8 Å². The van der Waals surface area contributed by atoms with Crippen LogP contribution in [-0.4, -0.2) is 126 Å². The van der Waals surface area contributed by atoms with Gasteiger partial charge in [0.2, 0.25) is 0 Å². The second kappa shape index (κ2) is 14.6. The molecule has 0 aliphatic carbocycles. The van der Waals surface area contributed by atoms with Crippen molar-refractivity contribution in [2.75, 3.05) is 6.61 Å². The number of carbonyl (C=O) groups excluding carboxylic acids is 5. The summed E-state index contributed by atoms with van der Waals surface area (Å²) in [4.78, 5) is 63.3. The first-order chi connectivity index (χ1) is 22.9. The molecule has 4 fully saturated rings. The maximum atomic E-state index is 14.3. The summed E-state index contributed by atoms with van der Waals surface area (Å²) in [6, 6.07) is 0. The smallest absolute Gasteiger partial charge is 0.341 e. The second-order valence-electron chi connectivity index (χ2n) is 14.8. The number of aliphatic hydroxyl groups is 1. The van der Waals surface area contributed by atoms with E-state index in [1.807, 2.05) is 0 Å². The molecule has 4 aliphatic rings. The molecule has 0 aromatic rings. The predicted molar refractivity (Wildman–Crippen MR) is 165 cm³/mol. The van der Waals surface area contributed by atoms with Crippen LogP contribution in [0.4, 0.5) is 0 Å². The molecule has 0 bridgehead atoms. The Kier molecular flexibility index (Phi) is 11.6. The van der Waals surface area contributed by atoms with Crippen molar-refractivity contribution in [3.63, 3.8) is 0 Å². The Morgan fingerprint density at radius 1 is 0.780 bits per heavy atom. The standard InChI is InChI=1S/C33H50O17/c1-15(34)40-14-21(42-17(3)36)25-23(43-18(4)37)20(41-16(2)35)13-33(48-25,29(39)50-30(5,6)7)22(38)12-19-24-26(46-31(8,9)45-24)27-28(44-19)49-32(10,11)47-27/h19-28,38H,12-14H2,1-11H3/t19-,20-,21-,22-,23-,24+,25-,26+,27-,28-,33+/m1/s1. The summed E-state index contributed by atoms with van der Waals surface area (Å²) < 4.78 is 64.7. The molecule has 50 heavy (non-hydrogen) atoms. The molecule has 0 spiro atoms. The van der Waals surface area contributed by atoms with Gasteiger partial charge < -0.3 is 57.2 Å². The van der Waals surface area contributed by atoms with Crippen molar-refractivity contribution in [1.29, 1.82) is 0 Å². The molecule has 17 heteroatoms. The van der Waals surface area contributed by atoms with Gasteiger partial charge in [0.15, 0.2) is 35.7 Å². The van der Waals surface area contributed by atoms with Crippen LogP contribution in [0.3, 0.4) is 0 Å². The molecule has 17 nitrogen and oxygen atoms in total. The Hall–Kier alpha value is -2.93. The summed E-state index contributed by atoms with van der Waals surface area (Å²) in [5, 5.41) is 12.2. The van der Waals surface area contributed by atoms with Crippen LogP contribution in [0.5, 0.6) is 0 Å². The second-order valence-corrected chi connectivity index (χ2v) is 14.8. The monoisotopic (exact) mass is 718 g/mol. The number of rotatable bonds is 10.